The SMILES string of the molecule is CC/C=C\C/C=C\C/C=C\C/C=C\C/C=C\C/C=C\CCCCCCC(=O)OCC(COP(=O)(O)OCC(O)COP(=O)(O)OCC(O)COC(=O)CCCCCCCCCCCCCCCCC/C=C\C/C=C\C/C=C\C/C=C\CCCCC)OC(=O)CCCCCCC/C=C\C/C=C\C/C=C\C/C=C\CCCCC. The average molecular weight is 1590 g/mol. The maximum absolute atomic E-state index is 13.0. The van der Waals surface area contributed by atoms with Gasteiger partial charge in [0.15, 0.2) is 6.10 Å². The van der Waals surface area contributed by atoms with Gasteiger partial charge in [-0.15, -0.1) is 0 Å². The molecule has 5 unspecified atom stereocenters. The van der Waals surface area contributed by atoms with Crippen LogP contribution < -0.4 is 0 Å². The molecule has 0 heterocycles. The summed E-state index contributed by atoms with van der Waals surface area (Å²) in [6.45, 7) is 2.47. The Labute approximate surface area is 675 Å². The Morgan fingerprint density at radius 1 is 0.261 bits per heavy atom. The number of rotatable bonds is 81. The van der Waals surface area contributed by atoms with Crippen LogP contribution in [0.2, 0.25) is 0 Å². The maximum Gasteiger partial charge on any atom is 0.472 e. The molecule has 0 radical (unpaired) electrons. The van der Waals surface area contributed by atoms with E-state index >= 15 is 0 Å². The van der Waals surface area contributed by atoms with Gasteiger partial charge in [0.2, 0.25) is 0 Å². The van der Waals surface area contributed by atoms with Gasteiger partial charge in [0.25, 0.3) is 0 Å². The molecule has 16 nitrogen and oxygen atoms in total. The van der Waals surface area contributed by atoms with Crippen molar-refractivity contribution in [1.82, 2.24) is 0 Å². The van der Waals surface area contributed by atoms with E-state index < -0.39 is 91.5 Å². The molecule has 5 atom stereocenters. The third-order valence-electron chi connectivity index (χ3n) is 17.9. The topological polar surface area (TPSA) is 231 Å². The number of carbonyl (C=O) groups excluding carboxylic acids is 3. The van der Waals surface area contributed by atoms with Gasteiger partial charge in [0.05, 0.1) is 26.4 Å². The lowest BCUT2D eigenvalue weighted by molar-refractivity contribution is -0.161. The second-order valence-corrected chi connectivity index (χ2v) is 31.5. The van der Waals surface area contributed by atoms with Crippen molar-refractivity contribution in [2.75, 3.05) is 39.6 Å². The molecule has 0 aromatic rings. The standard InChI is InChI=1S/C93H156O16P2/c1-4-7-10-13-16-19-22-25-28-31-34-37-39-40-41-42-43-44-45-46-48-51-52-55-58-61-64-67-70-73-76-79-91(96)103-82-88(94)83-105-110(99,100)106-84-89(95)85-107-111(101,102)108-87-90(109-93(98)81-78-75-72-69-66-63-60-57-54-49-36-33-30-27-24-21-18-15-12-9-6-3)86-104-92(97)80-77-74-71-68-65-62-59-56-53-50-47-38-35-32-29-26-23-20-17-14-11-8-5-2/h8,11,16-21,25-30,34-38,40-41,49-50,53,57,59-60,62,88-90,94-95H,4-7,9-10,12-15,22-24,31-33,39,42-48,51-52,54-56,58,61,63-87H2,1-3H3,(H,99,100)(H,101,102)/b11-8-,19-16-,20-17-,21-18-,28-25-,29-26-,30-27-,37-34-,38-35-,41-40-,49-36-,53-50-,60-57-,62-59-. The maximum atomic E-state index is 13.0. The zero-order valence-electron chi connectivity index (χ0n) is 69.6. The second-order valence-electron chi connectivity index (χ2n) is 28.6. The van der Waals surface area contributed by atoms with E-state index in [9.17, 15) is 43.5 Å². The minimum atomic E-state index is -4.95. The Kier molecular flexibility index (Phi) is 80.4. The first-order valence-corrected chi connectivity index (χ1v) is 46.4. The second kappa shape index (κ2) is 84.3. The third kappa shape index (κ3) is 85.6. The molecule has 0 aliphatic carbocycles. The lowest BCUT2D eigenvalue weighted by atomic mass is 10.0. The van der Waals surface area contributed by atoms with Gasteiger partial charge in [-0.05, 0) is 161 Å². The van der Waals surface area contributed by atoms with Crippen LogP contribution in [0.25, 0.3) is 0 Å². The van der Waals surface area contributed by atoms with Crippen LogP contribution in [0.4, 0.5) is 0 Å². The molecule has 0 rings (SSSR count). The molecule has 18 heteroatoms. The fourth-order valence-electron chi connectivity index (χ4n) is 11.3. The van der Waals surface area contributed by atoms with Crippen molar-refractivity contribution < 1.29 is 75.8 Å². The summed E-state index contributed by atoms with van der Waals surface area (Å²) in [7, 11) is -9.82. The molecule has 0 fully saturated rings. The highest BCUT2D eigenvalue weighted by Gasteiger charge is 2.29. The number of allylic oxidation sites excluding steroid dienone is 28. The summed E-state index contributed by atoms with van der Waals surface area (Å²) in [4.78, 5) is 58.9. The molecule has 0 aliphatic rings. The minimum absolute atomic E-state index is 0.0714. The van der Waals surface area contributed by atoms with E-state index in [1.165, 1.54) is 122 Å². The van der Waals surface area contributed by atoms with Gasteiger partial charge in [-0.3, -0.25) is 32.5 Å². The molecular weight excluding hydrogens is 1430 g/mol. The molecule has 0 aromatic carbocycles. The van der Waals surface area contributed by atoms with Crippen molar-refractivity contribution in [2.24, 2.45) is 0 Å². The van der Waals surface area contributed by atoms with Gasteiger partial charge >= 0.3 is 33.6 Å². The number of esters is 3. The number of carbonyl (C=O) groups is 3. The summed E-state index contributed by atoms with van der Waals surface area (Å²) < 4.78 is 61.3. The number of aliphatic hydroxyl groups is 2. The molecule has 0 bridgehead atoms. The van der Waals surface area contributed by atoms with Crippen LogP contribution in [-0.2, 0) is 55.8 Å². The molecular formula is C93H156O16P2. The van der Waals surface area contributed by atoms with Crippen molar-refractivity contribution in [3.8, 4) is 0 Å². The van der Waals surface area contributed by atoms with Crippen LogP contribution in [0.1, 0.15) is 342 Å². The van der Waals surface area contributed by atoms with Crippen LogP contribution in [0.15, 0.2) is 170 Å². The molecule has 0 spiro atoms. The minimum Gasteiger partial charge on any atom is -0.463 e. The van der Waals surface area contributed by atoms with Crippen LogP contribution >= 0.6 is 15.6 Å². The van der Waals surface area contributed by atoms with E-state index in [4.69, 9.17) is 32.3 Å². The van der Waals surface area contributed by atoms with Crippen molar-refractivity contribution >= 4 is 33.6 Å². The molecule has 111 heavy (non-hydrogen) atoms. The molecule has 0 amide bonds. The number of ether oxygens (including phenoxy) is 3. The lowest BCUT2D eigenvalue weighted by Gasteiger charge is -2.21. The number of unbranched alkanes of at least 4 members (excludes halogenated alkanes) is 30. The predicted octanol–water partition coefficient (Wildman–Crippen LogP) is 26.3. The number of aliphatic hydroxyl groups excluding tert-OH is 2. The largest absolute Gasteiger partial charge is 0.472 e. The number of phosphoric acid groups is 2. The Morgan fingerprint density at radius 2 is 0.477 bits per heavy atom. The highest BCUT2D eigenvalue weighted by molar-refractivity contribution is 7.47. The van der Waals surface area contributed by atoms with E-state index in [0.29, 0.717) is 19.3 Å². The molecule has 4 N–H and O–H groups in total. The third-order valence-corrected chi connectivity index (χ3v) is 19.8. The fourth-order valence-corrected chi connectivity index (χ4v) is 12.9. The van der Waals surface area contributed by atoms with Gasteiger partial charge < -0.3 is 34.2 Å². The van der Waals surface area contributed by atoms with Gasteiger partial charge in [-0.1, -0.05) is 332 Å². The Morgan fingerprint density at radius 3 is 0.757 bits per heavy atom. The smallest absolute Gasteiger partial charge is 0.463 e. The molecule has 634 valence electrons. The Bertz CT molecular complexity index is 2700. The van der Waals surface area contributed by atoms with Gasteiger partial charge in [0.1, 0.15) is 25.4 Å². The highest BCUT2D eigenvalue weighted by atomic mass is 31.2. The van der Waals surface area contributed by atoms with Crippen molar-refractivity contribution in [3.63, 3.8) is 0 Å². The van der Waals surface area contributed by atoms with E-state index in [-0.39, 0.29) is 19.3 Å². The van der Waals surface area contributed by atoms with Crippen LogP contribution in [0.5, 0.6) is 0 Å². The quantitative estimate of drug-likeness (QED) is 0.0146. The zero-order chi connectivity index (χ0) is 80.8. The van der Waals surface area contributed by atoms with Crippen LogP contribution in [0, 0.1) is 0 Å². The first-order chi connectivity index (χ1) is 54.2. The van der Waals surface area contributed by atoms with E-state index in [1.807, 2.05) is 0 Å². The van der Waals surface area contributed by atoms with E-state index in [2.05, 4.69) is 191 Å². The van der Waals surface area contributed by atoms with Crippen molar-refractivity contribution in [3.05, 3.63) is 170 Å². The van der Waals surface area contributed by atoms with Crippen molar-refractivity contribution in [1.29, 1.82) is 0 Å². The molecule has 0 saturated heterocycles. The monoisotopic (exact) mass is 1590 g/mol. The number of hydrogen-bond acceptors (Lipinski definition) is 14. The first-order valence-electron chi connectivity index (χ1n) is 43.4. The van der Waals surface area contributed by atoms with E-state index in [1.54, 1.807) is 0 Å². The normalized spacial score (nSPS) is 14.7. The van der Waals surface area contributed by atoms with Gasteiger partial charge in [-0.2, -0.15) is 0 Å². The Balaban J connectivity index is 4.63. The molecule has 0 aliphatic heterocycles. The molecule has 0 saturated carbocycles. The highest BCUT2D eigenvalue weighted by Crippen LogP contribution is 2.45. The summed E-state index contributed by atoms with van der Waals surface area (Å²) in [6, 6.07) is 0. The summed E-state index contributed by atoms with van der Waals surface area (Å²) >= 11 is 0. The lowest BCUT2D eigenvalue weighted by Crippen LogP contribution is -2.30. The van der Waals surface area contributed by atoms with E-state index in [0.717, 1.165) is 161 Å². The number of hydrogen-bond donors (Lipinski definition) is 4. The summed E-state index contributed by atoms with van der Waals surface area (Å²) in [5, 5.41) is 20.7. The predicted molar refractivity (Wildman–Crippen MR) is 463 cm³/mol. The molecule has 0 aromatic heterocycles. The zero-order valence-corrected chi connectivity index (χ0v) is 71.4. The first kappa shape index (κ1) is 106. The fraction of sp³-hybridized carbons (Fsp3) is 0.667. The number of phosphoric ester groups is 2. The van der Waals surface area contributed by atoms with Crippen LogP contribution in [0.3, 0.4) is 0 Å². The Hall–Kier alpha value is -5.09. The summed E-state index contributed by atoms with van der Waals surface area (Å²) in [5.74, 6) is -1.63. The van der Waals surface area contributed by atoms with Gasteiger partial charge in [0, 0.05) is 19.3 Å². The summed E-state index contributed by atoms with van der Waals surface area (Å²) in [6.07, 6.45) is 108. The average Bonchev–Trinajstić information content (AvgIpc) is 0.902. The van der Waals surface area contributed by atoms with Crippen LogP contribution in [-0.4, -0.2) is 95.9 Å². The summed E-state index contributed by atoms with van der Waals surface area (Å²) in [5.41, 5.74) is 0. The van der Waals surface area contributed by atoms with Gasteiger partial charge in [-0.25, -0.2) is 9.13 Å². The van der Waals surface area contributed by atoms with Crippen molar-refractivity contribution in [2.45, 2.75) is 360 Å².